The number of nitrogens with one attached hydrogen (secondary N) is 2. The summed E-state index contributed by atoms with van der Waals surface area (Å²) in [6, 6.07) is 0. The molecule has 0 aliphatic heterocycles. The molecular formula is C2H2F6N2O6S2Zn. The van der Waals surface area contributed by atoms with Gasteiger partial charge in [0.25, 0.3) is 0 Å². The van der Waals surface area contributed by atoms with Crippen molar-refractivity contribution >= 4 is 20.6 Å². The molecule has 0 amide bonds. The van der Waals surface area contributed by atoms with Crippen LogP contribution in [0.3, 0.4) is 0 Å². The fourth-order valence-electron chi connectivity index (χ4n) is 0.489. The first-order valence-electron chi connectivity index (χ1n) is 3.62. The Morgan fingerprint density at radius 2 is 1.00 bits per heavy atom. The maximum atomic E-state index is 11.6. The van der Waals surface area contributed by atoms with Crippen molar-refractivity contribution < 1.29 is 67.0 Å². The van der Waals surface area contributed by atoms with Crippen LogP contribution in [0.25, 0.3) is 0 Å². The first-order valence-corrected chi connectivity index (χ1v) is 8.86. The van der Waals surface area contributed by atoms with Crippen LogP contribution in [0.15, 0.2) is 0 Å². The molecule has 0 heterocycles. The first kappa shape index (κ1) is 18.9. The summed E-state index contributed by atoms with van der Waals surface area (Å²) in [5.74, 6) is 0. The van der Waals surface area contributed by atoms with Crippen LogP contribution in [0.1, 0.15) is 0 Å². The van der Waals surface area contributed by atoms with E-state index in [1.54, 1.807) is 0 Å². The van der Waals surface area contributed by atoms with Gasteiger partial charge in [-0.1, -0.05) is 0 Å². The summed E-state index contributed by atoms with van der Waals surface area (Å²) in [6.45, 7) is 0. The SMILES string of the molecule is O=S(=O)(NC(F)(F)F)[O][Zn][O]S(=O)(=O)NC(F)(F)F. The van der Waals surface area contributed by atoms with E-state index >= 15 is 0 Å². The van der Waals surface area contributed by atoms with Crippen molar-refractivity contribution in [3.8, 4) is 0 Å². The molecule has 0 aliphatic rings. The zero-order valence-electron chi connectivity index (χ0n) is 8.24. The van der Waals surface area contributed by atoms with E-state index in [4.69, 9.17) is 0 Å². The van der Waals surface area contributed by atoms with E-state index in [1.807, 2.05) is 0 Å². The molecule has 0 bridgehead atoms. The van der Waals surface area contributed by atoms with Crippen LogP contribution in [-0.2, 0) is 44.5 Å². The molecule has 0 atom stereocenters. The van der Waals surface area contributed by atoms with Crippen LogP contribution in [-0.4, -0.2) is 29.4 Å². The van der Waals surface area contributed by atoms with Gasteiger partial charge in [-0.3, -0.25) is 0 Å². The van der Waals surface area contributed by atoms with Gasteiger partial charge >= 0.3 is 110 Å². The zero-order chi connectivity index (χ0) is 15.5. The number of hydrogen-bond donors (Lipinski definition) is 2. The van der Waals surface area contributed by atoms with Gasteiger partial charge in [-0.25, -0.2) is 0 Å². The Morgan fingerprint density at radius 1 is 0.737 bits per heavy atom. The molecule has 0 aliphatic carbocycles. The average Bonchev–Trinajstić information content (AvgIpc) is 1.90. The van der Waals surface area contributed by atoms with Gasteiger partial charge in [0.05, 0.1) is 0 Å². The van der Waals surface area contributed by atoms with Gasteiger partial charge in [0.1, 0.15) is 0 Å². The van der Waals surface area contributed by atoms with Crippen molar-refractivity contribution in [3.05, 3.63) is 0 Å². The summed E-state index contributed by atoms with van der Waals surface area (Å²) >= 11 is -3.69. The van der Waals surface area contributed by atoms with Crippen LogP contribution >= 0.6 is 0 Å². The molecule has 8 nitrogen and oxygen atoms in total. The summed E-state index contributed by atoms with van der Waals surface area (Å²) in [5.41, 5.74) is 0. The van der Waals surface area contributed by atoms with E-state index in [-0.39, 0.29) is 9.44 Å². The Morgan fingerprint density at radius 3 is 1.21 bits per heavy atom. The molecule has 0 aromatic carbocycles. The quantitative estimate of drug-likeness (QED) is 0.362. The Bertz CT molecular complexity index is 449. The molecule has 0 aromatic rings. The van der Waals surface area contributed by atoms with Crippen molar-refractivity contribution in [2.75, 3.05) is 0 Å². The molecule has 0 unspecified atom stereocenters. The maximum absolute atomic E-state index is 11.6. The second-order valence-electron chi connectivity index (χ2n) is 2.46. The van der Waals surface area contributed by atoms with E-state index in [9.17, 15) is 43.2 Å². The third-order valence-corrected chi connectivity index (χ3v) is 7.78. The van der Waals surface area contributed by atoms with Gasteiger partial charge in [0.15, 0.2) is 0 Å². The minimum atomic E-state index is -5.40. The molecule has 17 heteroatoms. The molecule has 112 valence electrons. The molecule has 0 fully saturated rings. The summed E-state index contributed by atoms with van der Waals surface area (Å²) < 4.78 is 118. The van der Waals surface area contributed by atoms with Crippen LogP contribution in [0.2, 0.25) is 0 Å². The molecule has 0 radical (unpaired) electrons. The number of hydrogen-bond acceptors (Lipinski definition) is 6. The molecule has 0 saturated carbocycles. The number of alkyl halides is 6. The molecule has 0 saturated heterocycles. The number of rotatable bonds is 6. The Hall–Kier alpha value is -0.0566. The Kier molecular flexibility index (Phi) is 6.13. The van der Waals surface area contributed by atoms with Gasteiger partial charge in [0.2, 0.25) is 0 Å². The van der Waals surface area contributed by atoms with E-state index in [0.717, 1.165) is 0 Å². The van der Waals surface area contributed by atoms with E-state index in [2.05, 4.69) is 6.02 Å². The molecule has 0 aromatic heterocycles. The second kappa shape index (κ2) is 6.15. The third-order valence-electron chi connectivity index (χ3n) is 0.888. The second-order valence-corrected chi connectivity index (χ2v) is 8.62. The van der Waals surface area contributed by atoms with Crippen molar-refractivity contribution in [1.29, 1.82) is 0 Å². The van der Waals surface area contributed by atoms with Gasteiger partial charge in [-0.2, -0.15) is 0 Å². The fourth-order valence-corrected chi connectivity index (χ4v) is 4.66. The van der Waals surface area contributed by atoms with Crippen LogP contribution < -0.4 is 9.44 Å². The molecule has 2 N–H and O–H groups in total. The van der Waals surface area contributed by atoms with Crippen molar-refractivity contribution in [2.45, 2.75) is 12.6 Å². The predicted molar refractivity (Wildman–Crippen MR) is 38.4 cm³/mol. The minimum absolute atomic E-state index is 0.00940. The Labute approximate surface area is 110 Å². The summed E-state index contributed by atoms with van der Waals surface area (Å²) in [7, 11) is -10.8. The Balaban J connectivity index is 4.39. The van der Waals surface area contributed by atoms with Gasteiger partial charge < -0.3 is 0 Å². The topological polar surface area (TPSA) is 111 Å². The standard InChI is InChI=1S/2CH2F3NO3S.Zn/c2*2-1(3,4)5-9(6,7)8;/h2*5H,(H,6,7,8);/q;;+2/p-2. The van der Waals surface area contributed by atoms with Gasteiger partial charge in [-0.05, 0) is 0 Å². The third kappa shape index (κ3) is 11.5. The summed E-state index contributed by atoms with van der Waals surface area (Å²) in [5, 5.41) is 0. The molecular weight excluding hydrogens is 392 g/mol. The molecule has 19 heavy (non-hydrogen) atoms. The average molecular weight is 394 g/mol. The van der Waals surface area contributed by atoms with E-state index < -0.39 is 51.1 Å². The first-order chi connectivity index (χ1) is 8.12. The zero-order valence-corrected chi connectivity index (χ0v) is 12.8. The molecule has 0 rings (SSSR count). The van der Waals surface area contributed by atoms with Gasteiger partial charge in [0, 0.05) is 0 Å². The van der Waals surface area contributed by atoms with Crippen LogP contribution in [0, 0.1) is 0 Å². The normalized spacial score (nSPS) is 14.2. The summed E-state index contributed by atoms with van der Waals surface area (Å²) in [4.78, 5) is 0. The van der Waals surface area contributed by atoms with Crippen LogP contribution in [0.4, 0.5) is 26.3 Å². The summed E-state index contributed by atoms with van der Waals surface area (Å²) in [6.07, 6.45) is -10.8. The van der Waals surface area contributed by atoms with Crippen molar-refractivity contribution in [1.82, 2.24) is 9.44 Å². The van der Waals surface area contributed by atoms with E-state index in [1.165, 1.54) is 0 Å². The monoisotopic (exact) mass is 392 g/mol. The van der Waals surface area contributed by atoms with Gasteiger partial charge in [-0.15, -0.1) is 0 Å². The van der Waals surface area contributed by atoms with Crippen LogP contribution in [0.5, 0.6) is 0 Å². The number of halogens is 6. The van der Waals surface area contributed by atoms with Crippen molar-refractivity contribution in [2.24, 2.45) is 0 Å². The fraction of sp³-hybridized carbons (Fsp3) is 1.00. The van der Waals surface area contributed by atoms with Crippen molar-refractivity contribution in [3.63, 3.8) is 0 Å². The molecule has 0 spiro atoms. The predicted octanol–water partition coefficient (Wildman–Crippen LogP) is -0.359. The van der Waals surface area contributed by atoms with E-state index in [0.29, 0.717) is 0 Å².